The number of rotatable bonds is 0. The number of guanidine groups is 1. The van der Waals surface area contributed by atoms with Crippen molar-refractivity contribution in [2.24, 2.45) is 5.16 Å². The summed E-state index contributed by atoms with van der Waals surface area (Å²) in [6.45, 7) is 0. The number of hydrogen-bond acceptors (Lipinski definition) is 2. The van der Waals surface area contributed by atoms with Crippen LogP contribution in [0.25, 0.3) is 0 Å². The first-order valence-electron chi connectivity index (χ1n) is 2.00. The molecule has 0 aromatic rings. The average Bonchev–Trinajstić information content (AvgIpc) is 1.69. The Kier molecular flexibility index (Phi) is 2.71. The summed E-state index contributed by atoms with van der Waals surface area (Å²) < 4.78 is 0. The second-order valence-electron chi connectivity index (χ2n) is 1.42. The van der Waals surface area contributed by atoms with Crippen LogP contribution < -0.4 is 5.48 Å². The molecule has 0 spiro atoms. The lowest BCUT2D eigenvalue weighted by Gasteiger charge is -2.09. The first-order valence-corrected chi connectivity index (χ1v) is 2.00. The molecule has 0 aromatic carbocycles. The van der Waals surface area contributed by atoms with Gasteiger partial charge in [-0.3, -0.25) is 5.21 Å². The van der Waals surface area contributed by atoms with Crippen molar-refractivity contribution in [3.05, 3.63) is 0 Å². The van der Waals surface area contributed by atoms with Crippen molar-refractivity contribution in [2.45, 2.75) is 0 Å². The van der Waals surface area contributed by atoms with Gasteiger partial charge < -0.3 is 4.90 Å². The van der Waals surface area contributed by atoms with Crippen LogP contribution in [0.4, 0.5) is 0 Å². The maximum Gasteiger partial charge on any atom is 0.264 e. The highest BCUT2D eigenvalue weighted by atomic mass is 16.5. The SMILES string of the molecule is CN(C)/C(=N\[O])NO. The Hall–Kier alpha value is -0.970. The molecule has 0 aromatic heterocycles. The standard InChI is InChI=1S/C3H8N3O2/c1-6(2)3(4-7)5-8/h7H,1-2H3,(H,4,5). The molecule has 47 valence electrons. The molecule has 0 unspecified atom stereocenters. The van der Waals surface area contributed by atoms with Crippen molar-refractivity contribution < 1.29 is 10.4 Å². The van der Waals surface area contributed by atoms with Gasteiger partial charge in [0.1, 0.15) is 0 Å². The first-order chi connectivity index (χ1) is 3.72. The molecule has 2 N–H and O–H groups in total. The van der Waals surface area contributed by atoms with Gasteiger partial charge in [-0.05, 0) is 0 Å². The first kappa shape index (κ1) is 7.03. The third kappa shape index (κ3) is 1.65. The fourth-order valence-corrected chi connectivity index (χ4v) is 0.202. The van der Waals surface area contributed by atoms with Crippen molar-refractivity contribution >= 4 is 5.96 Å². The molecule has 0 saturated carbocycles. The van der Waals surface area contributed by atoms with E-state index in [1.54, 1.807) is 19.6 Å². The molecule has 5 heteroatoms. The van der Waals surface area contributed by atoms with Crippen molar-refractivity contribution in [3.63, 3.8) is 0 Å². The quantitative estimate of drug-likeness (QED) is 0.249. The molecule has 0 fully saturated rings. The predicted octanol–water partition coefficient (Wildman–Crippen LogP) is -0.772. The minimum atomic E-state index is -0.106. The highest BCUT2D eigenvalue weighted by Gasteiger charge is 1.96. The second kappa shape index (κ2) is 3.09. The van der Waals surface area contributed by atoms with Crippen molar-refractivity contribution in [1.29, 1.82) is 0 Å². The Morgan fingerprint density at radius 2 is 2.25 bits per heavy atom. The summed E-state index contributed by atoms with van der Waals surface area (Å²) in [5.74, 6) is -0.106. The average molecular weight is 118 g/mol. The summed E-state index contributed by atoms with van der Waals surface area (Å²) in [5.41, 5.74) is 1.61. The van der Waals surface area contributed by atoms with Gasteiger partial charge in [0.25, 0.3) is 5.96 Å². The number of nitrogens with zero attached hydrogens (tertiary/aromatic N) is 2. The Morgan fingerprint density at radius 3 is 2.25 bits per heavy atom. The van der Waals surface area contributed by atoms with Crippen LogP contribution in [0.1, 0.15) is 0 Å². The maximum atomic E-state index is 9.63. The van der Waals surface area contributed by atoms with E-state index in [9.17, 15) is 5.21 Å². The Balaban J connectivity index is 3.72. The Bertz CT molecular complexity index is 90.5. The molecule has 0 heterocycles. The van der Waals surface area contributed by atoms with Crippen LogP contribution in [-0.4, -0.2) is 30.2 Å². The highest BCUT2D eigenvalue weighted by Crippen LogP contribution is 1.73. The van der Waals surface area contributed by atoms with E-state index < -0.39 is 0 Å². The van der Waals surface area contributed by atoms with Gasteiger partial charge in [0.2, 0.25) is 0 Å². The van der Waals surface area contributed by atoms with E-state index in [1.807, 2.05) is 0 Å². The van der Waals surface area contributed by atoms with E-state index in [-0.39, 0.29) is 5.96 Å². The zero-order valence-electron chi connectivity index (χ0n) is 4.75. The Labute approximate surface area is 47.2 Å². The topological polar surface area (TPSA) is 67.8 Å². The van der Waals surface area contributed by atoms with Crippen molar-refractivity contribution in [3.8, 4) is 0 Å². The van der Waals surface area contributed by atoms with Crippen LogP contribution in [0.15, 0.2) is 5.16 Å². The minimum absolute atomic E-state index is 0.106. The zero-order chi connectivity index (χ0) is 6.57. The molecule has 0 bridgehead atoms. The van der Waals surface area contributed by atoms with Crippen LogP contribution in [0, 0.1) is 0 Å². The maximum absolute atomic E-state index is 9.63. The van der Waals surface area contributed by atoms with Gasteiger partial charge in [0.15, 0.2) is 0 Å². The number of nitrogens with one attached hydrogen (secondary N) is 1. The fourth-order valence-electron chi connectivity index (χ4n) is 0.202. The molecule has 0 aliphatic rings. The summed E-state index contributed by atoms with van der Waals surface area (Å²) >= 11 is 0. The van der Waals surface area contributed by atoms with Crippen LogP contribution >= 0.6 is 0 Å². The lowest BCUT2D eigenvalue weighted by molar-refractivity contribution is 0.172. The minimum Gasteiger partial charge on any atom is -0.344 e. The van der Waals surface area contributed by atoms with E-state index >= 15 is 0 Å². The molecular formula is C3H8N3O2. The molecule has 0 rings (SSSR count). The number of hydroxylamine groups is 1. The molecule has 0 aliphatic carbocycles. The number of hydrogen-bond donors (Lipinski definition) is 2. The molecule has 0 amide bonds. The van der Waals surface area contributed by atoms with Gasteiger partial charge in [0.05, 0.1) is 0 Å². The second-order valence-corrected chi connectivity index (χ2v) is 1.42. The fraction of sp³-hybridized carbons (Fsp3) is 0.667. The molecule has 5 nitrogen and oxygen atoms in total. The van der Waals surface area contributed by atoms with Crippen LogP contribution in [0.5, 0.6) is 0 Å². The third-order valence-electron chi connectivity index (χ3n) is 0.610. The largest absolute Gasteiger partial charge is 0.344 e. The van der Waals surface area contributed by atoms with E-state index in [0.29, 0.717) is 0 Å². The van der Waals surface area contributed by atoms with Crippen LogP contribution in [0.2, 0.25) is 0 Å². The van der Waals surface area contributed by atoms with Gasteiger partial charge in [-0.25, -0.2) is 5.48 Å². The van der Waals surface area contributed by atoms with Gasteiger partial charge in [0, 0.05) is 19.3 Å². The van der Waals surface area contributed by atoms with E-state index in [0.717, 1.165) is 0 Å². The van der Waals surface area contributed by atoms with Gasteiger partial charge in [-0.1, -0.05) is 0 Å². The zero-order valence-corrected chi connectivity index (χ0v) is 4.75. The summed E-state index contributed by atoms with van der Waals surface area (Å²) in [7, 11) is 3.17. The smallest absolute Gasteiger partial charge is 0.264 e. The molecule has 0 aliphatic heterocycles. The van der Waals surface area contributed by atoms with Gasteiger partial charge >= 0.3 is 0 Å². The summed E-state index contributed by atoms with van der Waals surface area (Å²) in [6.07, 6.45) is 0. The molecular weight excluding hydrogens is 110 g/mol. The molecule has 1 radical (unpaired) electrons. The third-order valence-corrected chi connectivity index (χ3v) is 0.610. The van der Waals surface area contributed by atoms with Crippen LogP contribution in [-0.2, 0) is 5.21 Å². The summed E-state index contributed by atoms with van der Waals surface area (Å²) in [4.78, 5) is 1.35. The molecule has 0 atom stereocenters. The summed E-state index contributed by atoms with van der Waals surface area (Å²) in [6, 6.07) is 0. The normalized spacial score (nSPS) is 11.1. The predicted molar refractivity (Wildman–Crippen MR) is 26.7 cm³/mol. The summed E-state index contributed by atoms with van der Waals surface area (Å²) in [5, 5.41) is 20.1. The van der Waals surface area contributed by atoms with Gasteiger partial charge in [-0.2, -0.15) is 0 Å². The Morgan fingerprint density at radius 1 is 1.75 bits per heavy atom. The lowest BCUT2D eigenvalue weighted by atomic mass is 10.8. The van der Waals surface area contributed by atoms with Crippen LogP contribution in [0.3, 0.4) is 0 Å². The molecule has 0 saturated heterocycles. The monoisotopic (exact) mass is 118 g/mol. The van der Waals surface area contributed by atoms with Crippen molar-refractivity contribution in [1.82, 2.24) is 10.4 Å². The van der Waals surface area contributed by atoms with Gasteiger partial charge in [-0.15, -0.1) is 5.21 Å². The molecule has 8 heavy (non-hydrogen) atoms. The lowest BCUT2D eigenvalue weighted by Crippen LogP contribution is -2.33. The van der Waals surface area contributed by atoms with E-state index in [4.69, 9.17) is 5.21 Å². The van der Waals surface area contributed by atoms with E-state index in [2.05, 4.69) is 5.16 Å². The van der Waals surface area contributed by atoms with E-state index in [1.165, 1.54) is 4.90 Å². The highest BCUT2D eigenvalue weighted by molar-refractivity contribution is 5.77. The van der Waals surface area contributed by atoms with Crippen molar-refractivity contribution in [2.75, 3.05) is 14.1 Å².